The third-order valence-corrected chi connectivity index (χ3v) is 4.02. The van der Waals surface area contributed by atoms with E-state index in [0.29, 0.717) is 23.2 Å². The summed E-state index contributed by atoms with van der Waals surface area (Å²) < 4.78 is 0. The first kappa shape index (κ1) is 19.7. The van der Waals surface area contributed by atoms with Crippen LogP contribution in [0.15, 0.2) is 0 Å². The zero-order valence-corrected chi connectivity index (χ0v) is 15.9. The Bertz CT molecular complexity index is 353. The molecule has 0 aliphatic carbocycles. The Hall–Kier alpha value is -0.345. The summed E-state index contributed by atoms with van der Waals surface area (Å²) in [7, 11) is 1.85. The molecule has 22 heavy (non-hydrogen) atoms. The predicted octanol–water partition coefficient (Wildman–Crippen LogP) is 3.13. The SMILES string of the molecule is CC(C)[B]C(=O)CN1CCN(CC(C)(C)CC(C)(C)C)CC1. The van der Waals surface area contributed by atoms with Crippen LogP contribution in [0.1, 0.15) is 54.9 Å². The molecule has 0 aromatic heterocycles. The number of hydrogen-bond acceptors (Lipinski definition) is 3. The summed E-state index contributed by atoms with van der Waals surface area (Å²) in [5.74, 6) is 0.354. The average Bonchev–Trinajstić information content (AvgIpc) is 2.26. The Morgan fingerprint density at radius 3 is 1.95 bits per heavy atom. The molecule has 0 spiro atoms. The summed E-state index contributed by atoms with van der Waals surface area (Å²) in [5, 5.41) is 0. The number of rotatable bonds is 7. The third kappa shape index (κ3) is 8.33. The van der Waals surface area contributed by atoms with Gasteiger partial charge in [-0.15, -0.1) is 0 Å². The van der Waals surface area contributed by atoms with E-state index in [1.165, 1.54) is 6.42 Å². The number of hydrogen-bond donors (Lipinski definition) is 0. The van der Waals surface area contributed by atoms with E-state index in [2.05, 4.69) is 58.3 Å². The van der Waals surface area contributed by atoms with Gasteiger partial charge in [0.25, 0.3) is 0 Å². The van der Waals surface area contributed by atoms with Gasteiger partial charge in [0.2, 0.25) is 7.28 Å². The molecule has 0 unspecified atom stereocenters. The molecule has 1 radical (unpaired) electrons. The first-order chi connectivity index (χ1) is 9.97. The molecular formula is C18H36BN2O. The zero-order chi connectivity index (χ0) is 17.0. The lowest BCUT2D eigenvalue weighted by molar-refractivity contribution is -0.113. The highest BCUT2D eigenvalue weighted by molar-refractivity contribution is 6.75. The van der Waals surface area contributed by atoms with Gasteiger partial charge >= 0.3 is 0 Å². The molecular weight excluding hydrogens is 271 g/mol. The van der Waals surface area contributed by atoms with Crippen molar-refractivity contribution < 1.29 is 4.79 Å². The summed E-state index contributed by atoms with van der Waals surface area (Å²) >= 11 is 0. The van der Waals surface area contributed by atoms with E-state index in [0.717, 1.165) is 32.7 Å². The first-order valence-corrected chi connectivity index (χ1v) is 8.79. The van der Waals surface area contributed by atoms with Gasteiger partial charge < -0.3 is 9.69 Å². The van der Waals surface area contributed by atoms with E-state index in [1.807, 2.05) is 7.28 Å². The zero-order valence-electron chi connectivity index (χ0n) is 15.9. The molecule has 127 valence electrons. The van der Waals surface area contributed by atoms with Gasteiger partial charge in [-0.05, 0) is 17.3 Å². The minimum Gasteiger partial charge on any atom is -0.311 e. The maximum absolute atomic E-state index is 11.9. The highest BCUT2D eigenvalue weighted by Crippen LogP contribution is 2.33. The van der Waals surface area contributed by atoms with E-state index >= 15 is 0 Å². The van der Waals surface area contributed by atoms with Crippen molar-refractivity contribution in [3.63, 3.8) is 0 Å². The number of carbonyl (C=O) groups is 1. The predicted molar refractivity (Wildman–Crippen MR) is 96.6 cm³/mol. The summed E-state index contributed by atoms with van der Waals surface area (Å²) in [6.07, 6.45) is 1.24. The van der Waals surface area contributed by atoms with Crippen LogP contribution >= 0.6 is 0 Å². The van der Waals surface area contributed by atoms with Crippen LogP contribution in [0.4, 0.5) is 0 Å². The number of nitrogens with zero attached hydrogens (tertiary/aromatic N) is 2. The molecule has 1 aliphatic rings. The van der Waals surface area contributed by atoms with Crippen LogP contribution in [0.2, 0.25) is 5.82 Å². The summed E-state index contributed by atoms with van der Waals surface area (Å²) in [4.78, 5) is 16.7. The van der Waals surface area contributed by atoms with Crippen LogP contribution in [0.3, 0.4) is 0 Å². The molecule has 1 aliphatic heterocycles. The van der Waals surface area contributed by atoms with Crippen LogP contribution in [0, 0.1) is 10.8 Å². The van der Waals surface area contributed by atoms with Crippen LogP contribution in [-0.4, -0.2) is 62.0 Å². The Morgan fingerprint density at radius 2 is 1.50 bits per heavy atom. The van der Waals surface area contributed by atoms with Crippen molar-refractivity contribution in [2.75, 3.05) is 39.3 Å². The fourth-order valence-corrected chi connectivity index (χ4v) is 3.85. The Morgan fingerprint density at radius 1 is 1.00 bits per heavy atom. The standard InChI is InChI=1S/C18H36BN2O/c1-15(2)19-16(22)12-20-8-10-21(11-9-20)14-18(6,7)13-17(3,4)5/h15H,8-14H2,1-7H3. The monoisotopic (exact) mass is 307 g/mol. The molecule has 1 heterocycles. The van der Waals surface area contributed by atoms with E-state index in [9.17, 15) is 4.79 Å². The van der Waals surface area contributed by atoms with Gasteiger partial charge in [-0.1, -0.05) is 54.3 Å². The van der Waals surface area contributed by atoms with Crippen molar-refractivity contribution in [1.29, 1.82) is 0 Å². The second-order valence-corrected chi connectivity index (χ2v) is 9.33. The van der Waals surface area contributed by atoms with Crippen molar-refractivity contribution in [1.82, 2.24) is 9.80 Å². The van der Waals surface area contributed by atoms with E-state index in [1.54, 1.807) is 0 Å². The van der Waals surface area contributed by atoms with Crippen LogP contribution in [-0.2, 0) is 4.79 Å². The minimum absolute atomic E-state index is 0.275. The average molecular weight is 307 g/mol. The largest absolute Gasteiger partial charge is 0.311 e. The molecule has 0 atom stereocenters. The lowest BCUT2D eigenvalue weighted by Gasteiger charge is -2.41. The van der Waals surface area contributed by atoms with Crippen molar-refractivity contribution in [2.45, 2.75) is 60.7 Å². The topological polar surface area (TPSA) is 23.6 Å². The lowest BCUT2D eigenvalue weighted by atomic mass is 9.62. The Balaban J connectivity index is 2.35. The molecule has 1 rings (SSSR count). The van der Waals surface area contributed by atoms with Gasteiger partial charge in [0.15, 0.2) is 0 Å². The second kappa shape index (κ2) is 7.96. The summed E-state index contributed by atoms with van der Waals surface area (Å²) in [6, 6.07) is 0. The normalized spacial score (nSPS) is 18.7. The van der Waals surface area contributed by atoms with Crippen molar-refractivity contribution in [3.05, 3.63) is 0 Å². The Kier molecular flexibility index (Phi) is 7.13. The quantitative estimate of drug-likeness (QED) is 0.675. The van der Waals surface area contributed by atoms with E-state index < -0.39 is 0 Å². The smallest absolute Gasteiger partial charge is 0.206 e. The molecule has 0 amide bonds. The van der Waals surface area contributed by atoms with Crippen LogP contribution in [0.25, 0.3) is 0 Å². The van der Waals surface area contributed by atoms with Crippen LogP contribution in [0.5, 0.6) is 0 Å². The Labute approximate surface area is 139 Å². The molecule has 0 N–H and O–H groups in total. The number of carbonyl (C=O) groups excluding carboxylic acids is 1. The lowest BCUT2D eigenvalue weighted by Crippen LogP contribution is -2.50. The highest BCUT2D eigenvalue weighted by atomic mass is 16.1. The van der Waals surface area contributed by atoms with Gasteiger partial charge in [0.1, 0.15) is 0 Å². The van der Waals surface area contributed by atoms with Gasteiger partial charge in [-0.2, -0.15) is 0 Å². The fraction of sp³-hybridized carbons (Fsp3) is 0.944. The molecule has 0 saturated carbocycles. The van der Waals surface area contributed by atoms with Gasteiger partial charge in [0.05, 0.1) is 5.68 Å². The highest BCUT2D eigenvalue weighted by Gasteiger charge is 2.29. The molecule has 1 saturated heterocycles. The maximum Gasteiger partial charge on any atom is 0.206 e. The van der Waals surface area contributed by atoms with Crippen molar-refractivity contribution in [3.8, 4) is 0 Å². The molecule has 0 aromatic carbocycles. The summed E-state index contributed by atoms with van der Waals surface area (Å²) in [6.45, 7) is 21.8. The molecule has 4 heteroatoms. The third-order valence-electron chi connectivity index (χ3n) is 4.02. The summed E-state index contributed by atoms with van der Waals surface area (Å²) in [5.41, 5.74) is 1.00. The fourth-order valence-electron chi connectivity index (χ4n) is 3.85. The van der Waals surface area contributed by atoms with E-state index in [-0.39, 0.29) is 5.68 Å². The molecule has 3 nitrogen and oxygen atoms in total. The van der Waals surface area contributed by atoms with Gasteiger partial charge in [0, 0.05) is 39.3 Å². The second-order valence-electron chi connectivity index (χ2n) is 9.33. The maximum atomic E-state index is 11.9. The van der Waals surface area contributed by atoms with Gasteiger partial charge in [-0.3, -0.25) is 4.90 Å². The molecule has 1 fully saturated rings. The first-order valence-electron chi connectivity index (χ1n) is 8.79. The van der Waals surface area contributed by atoms with Crippen LogP contribution < -0.4 is 0 Å². The van der Waals surface area contributed by atoms with Gasteiger partial charge in [-0.25, -0.2) is 0 Å². The van der Waals surface area contributed by atoms with E-state index in [4.69, 9.17) is 0 Å². The number of piperazine rings is 1. The molecule has 0 aromatic rings. The van der Waals surface area contributed by atoms with Crippen molar-refractivity contribution >= 4 is 13.0 Å². The van der Waals surface area contributed by atoms with Crippen molar-refractivity contribution in [2.24, 2.45) is 10.8 Å². The molecule has 0 bridgehead atoms. The minimum atomic E-state index is 0.275.